The summed E-state index contributed by atoms with van der Waals surface area (Å²) < 4.78 is 13.8. The summed E-state index contributed by atoms with van der Waals surface area (Å²) in [5.41, 5.74) is 3.47. The van der Waals surface area contributed by atoms with Gasteiger partial charge in [0, 0.05) is 5.69 Å². The first-order valence-electron chi connectivity index (χ1n) is 7.94. The Morgan fingerprint density at radius 2 is 1.54 bits per heavy atom. The van der Waals surface area contributed by atoms with Gasteiger partial charge in [-0.1, -0.05) is 60.7 Å². The Bertz CT molecular complexity index is 877. The zero-order chi connectivity index (χ0) is 16.5. The number of nitrogens with zero attached hydrogens (tertiary/aromatic N) is 1. The van der Waals surface area contributed by atoms with Crippen LogP contribution in [0.4, 0.5) is 10.1 Å². The number of carbonyl (C=O) groups excluding carboxylic acids is 1. The fraction of sp³-hybridized carbons (Fsp3) is 0.0952. The van der Waals surface area contributed by atoms with E-state index in [1.54, 1.807) is 11.0 Å². The molecule has 0 aliphatic carbocycles. The van der Waals surface area contributed by atoms with E-state index >= 15 is 0 Å². The molecule has 1 unspecified atom stereocenters. The highest BCUT2D eigenvalue weighted by Crippen LogP contribution is 2.42. The smallest absolute Gasteiger partial charge is 0.239 e. The molecule has 0 saturated heterocycles. The Kier molecular flexibility index (Phi) is 3.62. The lowest BCUT2D eigenvalue weighted by Crippen LogP contribution is -2.28. The van der Waals surface area contributed by atoms with Crippen LogP contribution < -0.4 is 4.90 Å². The van der Waals surface area contributed by atoms with Crippen LogP contribution in [0.25, 0.3) is 0 Å². The first-order chi connectivity index (χ1) is 11.7. The van der Waals surface area contributed by atoms with Gasteiger partial charge in [0.15, 0.2) is 0 Å². The van der Waals surface area contributed by atoms with Crippen molar-refractivity contribution < 1.29 is 9.18 Å². The second-order valence-electron chi connectivity index (χ2n) is 5.96. The molecule has 2 nitrogen and oxygen atoms in total. The van der Waals surface area contributed by atoms with Gasteiger partial charge >= 0.3 is 0 Å². The van der Waals surface area contributed by atoms with Crippen LogP contribution in [0, 0.1) is 5.82 Å². The minimum Gasteiger partial charge on any atom is -0.307 e. The van der Waals surface area contributed by atoms with Crippen LogP contribution in [0.5, 0.6) is 0 Å². The summed E-state index contributed by atoms with van der Waals surface area (Å²) in [7, 11) is 0. The van der Waals surface area contributed by atoms with Crippen molar-refractivity contribution in [3.05, 3.63) is 101 Å². The maximum Gasteiger partial charge on any atom is 0.239 e. The molecule has 118 valence electrons. The van der Waals surface area contributed by atoms with E-state index in [-0.39, 0.29) is 11.7 Å². The molecule has 3 aromatic carbocycles. The molecular formula is C21H16FNO. The third kappa shape index (κ3) is 2.48. The van der Waals surface area contributed by atoms with E-state index in [4.69, 9.17) is 0 Å². The highest BCUT2D eigenvalue weighted by molar-refractivity contribution is 6.06. The molecule has 1 aliphatic rings. The van der Waals surface area contributed by atoms with E-state index in [1.165, 1.54) is 12.1 Å². The van der Waals surface area contributed by atoms with E-state index in [0.717, 1.165) is 22.4 Å². The van der Waals surface area contributed by atoms with Crippen molar-refractivity contribution >= 4 is 11.6 Å². The fourth-order valence-electron chi connectivity index (χ4n) is 3.31. The summed E-state index contributed by atoms with van der Waals surface area (Å²) in [5, 5.41) is 0. The van der Waals surface area contributed by atoms with Gasteiger partial charge in [0.05, 0.1) is 12.5 Å². The highest BCUT2D eigenvalue weighted by atomic mass is 19.1. The molecule has 3 heteroatoms. The maximum absolute atomic E-state index is 13.8. The molecule has 4 rings (SSSR count). The summed E-state index contributed by atoms with van der Waals surface area (Å²) in [4.78, 5) is 14.8. The average molecular weight is 317 g/mol. The molecule has 1 aliphatic heterocycles. The maximum atomic E-state index is 13.8. The molecule has 0 spiro atoms. The van der Waals surface area contributed by atoms with Crippen LogP contribution in [-0.4, -0.2) is 5.91 Å². The molecule has 0 aromatic heterocycles. The number of hydrogen-bond acceptors (Lipinski definition) is 1. The second kappa shape index (κ2) is 5.93. The van der Waals surface area contributed by atoms with Crippen LogP contribution >= 0.6 is 0 Å². The number of halogens is 1. The van der Waals surface area contributed by atoms with Gasteiger partial charge in [-0.3, -0.25) is 4.79 Å². The summed E-state index contributed by atoms with van der Waals surface area (Å²) in [6.07, 6.45) is 0. The van der Waals surface area contributed by atoms with Gasteiger partial charge in [-0.2, -0.15) is 0 Å². The van der Waals surface area contributed by atoms with Gasteiger partial charge in [0.1, 0.15) is 5.82 Å². The summed E-state index contributed by atoms with van der Waals surface area (Å²) >= 11 is 0. The van der Waals surface area contributed by atoms with Gasteiger partial charge in [-0.25, -0.2) is 4.39 Å². The molecule has 3 aromatic rings. The third-order valence-electron chi connectivity index (χ3n) is 4.42. The fourth-order valence-corrected chi connectivity index (χ4v) is 3.31. The Morgan fingerprint density at radius 3 is 2.25 bits per heavy atom. The largest absolute Gasteiger partial charge is 0.307 e. The lowest BCUT2D eigenvalue weighted by molar-refractivity contribution is -0.118. The zero-order valence-corrected chi connectivity index (χ0v) is 13.0. The SMILES string of the molecule is O=C1C(c2ccccc2)c2cc(F)ccc2N1Cc1ccccc1. The van der Waals surface area contributed by atoms with Gasteiger partial charge in [-0.05, 0) is 34.9 Å². The Labute approximate surface area is 140 Å². The van der Waals surface area contributed by atoms with Crippen molar-refractivity contribution in [2.75, 3.05) is 4.90 Å². The van der Waals surface area contributed by atoms with E-state index in [2.05, 4.69) is 0 Å². The van der Waals surface area contributed by atoms with E-state index < -0.39 is 5.92 Å². The van der Waals surface area contributed by atoms with E-state index in [1.807, 2.05) is 60.7 Å². The summed E-state index contributed by atoms with van der Waals surface area (Å²) in [6.45, 7) is 0.488. The molecule has 0 radical (unpaired) electrons. The molecule has 1 heterocycles. The summed E-state index contributed by atoms with van der Waals surface area (Å²) in [6, 6.07) is 24.0. The van der Waals surface area contributed by atoms with Gasteiger partial charge in [0.2, 0.25) is 5.91 Å². The number of carbonyl (C=O) groups is 1. The minimum absolute atomic E-state index is 0.00865. The number of anilines is 1. The summed E-state index contributed by atoms with van der Waals surface area (Å²) in [5.74, 6) is -0.768. The van der Waals surface area contributed by atoms with Crippen LogP contribution in [0.2, 0.25) is 0 Å². The van der Waals surface area contributed by atoms with Crippen molar-refractivity contribution in [2.45, 2.75) is 12.5 Å². The molecule has 1 amide bonds. The zero-order valence-electron chi connectivity index (χ0n) is 13.0. The monoisotopic (exact) mass is 317 g/mol. The molecule has 0 bridgehead atoms. The first-order valence-corrected chi connectivity index (χ1v) is 7.94. The Balaban J connectivity index is 1.79. The van der Waals surface area contributed by atoms with E-state index in [0.29, 0.717) is 6.54 Å². The lowest BCUT2D eigenvalue weighted by atomic mass is 9.93. The molecule has 0 saturated carbocycles. The van der Waals surface area contributed by atoms with Crippen molar-refractivity contribution in [1.82, 2.24) is 0 Å². The van der Waals surface area contributed by atoms with Gasteiger partial charge in [-0.15, -0.1) is 0 Å². The number of rotatable bonds is 3. The van der Waals surface area contributed by atoms with Crippen LogP contribution in [0.1, 0.15) is 22.6 Å². The van der Waals surface area contributed by atoms with Crippen LogP contribution in [0.3, 0.4) is 0 Å². The van der Waals surface area contributed by atoms with Crippen molar-refractivity contribution in [3.8, 4) is 0 Å². The molecular weight excluding hydrogens is 301 g/mol. The topological polar surface area (TPSA) is 20.3 Å². The molecule has 24 heavy (non-hydrogen) atoms. The highest BCUT2D eigenvalue weighted by Gasteiger charge is 2.38. The predicted octanol–water partition coefficient (Wildman–Crippen LogP) is 4.50. The van der Waals surface area contributed by atoms with Gasteiger partial charge in [0.25, 0.3) is 0 Å². The standard InChI is InChI=1S/C21H16FNO/c22-17-11-12-19-18(13-17)20(16-9-5-2-6-10-16)21(24)23(19)14-15-7-3-1-4-8-15/h1-13,20H,14H2. The normalized spacial score (nSPS) is 16.3. The van der Waals surface area contributed by atoms with Gasteiger partial charge < -0.3 is 4.90 Å². The minimum atomic E-state index is -0.444. The molecule has 0 fully saturated rings. The van der Waals surface area contributed by atoms with E-state index in [9.17, 15) is 9.18 Å². The Morgan fingerprint density at radius 1 is 0.875 bits per heavy atom. The van der Waals surface area contributed by atoms with Crippen molar-refractivity contribution in [1.29, 1.82) is 0 Å². The molecule has 0 N–H and O–H groups in total. The van der Waals surface area contributed by atoms with Crippen molar-refractivity contribution in [3.63, 3.8) is 0 Å². The van der Waals surface area contributed by atoms with Crippen LogP contribution in [-0.2, 0) is 11.3 Å². The Hall–Kier alpha value is -2.94. The van der Waals surface area contributed by atoms with Crippen LogP contribution in [0.15, 0.2) is 78.9 Å². The first kappa shape index (κ1) is 14.6. The van der Waals surface area contributed by atoms with Crippen molar-refractivity contribution in [2.24, 2.45) is 0 Å². The quantitative estimate of drug-likeness (QED) is 0.696. The lowest BCUT2D eigenvalue weighted by Gasteiger charge is -2.18. The average Bonchev–Trinajstić information content (AvgIpc) is 2.88. The number of hydrogen-bond donors (Lipinski definition) is 0. The number of benzene rings is 3. The second-order valence-corrected chi connectivity index (χ2v) is 5.96. The third-order valence-corrected chi connectivity index (χ3v) is 4.42. The molecule has 1 atom stereocenters. The predicted molar refractivity (Wildman–Crippen MR) is 92.3 cm³/mol. The number of fused-ring (bicyclic) bond motifs is 1. The number of amides is 1.